The molecule has 0 radical (unpaired) electrons. The Bertz CT molecular complexity index is 1310. The fourth-order valence-corrected chi connectivity index (χ4v) is 3.83. The Morgan fingerprint density at radius 1 is 1.06 bits per heavy atom. The molecule has 0 saturated heterocycles. The largest absolute Gasteiger partial charge is 0.322 e. The minimum atomic E-state index is -0.506. The van der Waals surface area contributed by atoms with Crippen LogP contribution >= 0.6 is 11.3 Å². The van der Waals surface area contributed by atoms with E-state index < -0.39 is 5.41 Å². The monoisotopic (exact) mass is 434 g/mol. The molecule has 1 amide bonds. The maximum atomic E-state index is 12.6. The van der Waals surface area contributed by atoms with Crippen molar-refractivity contribution in [2.75, 3.05) is 5.32 Å². The van der Waals surface area contributed by atoms with E-state index >= 15 is 0 Å². The van der Waals surface area contributed by atoms with E-state index in [-0.39, 0.29) is 17.2 Å². The summed E-state index contributed by atoms with van der Waals surface area (Å²) in [6, 6.07) is 14.7. The zero-order valence-electron chi connectivity index (χ0n) is 18.4. The standard InChI is InChI=1S/C25H26N2O3S/c1-16-9-11-18(12-10-16)23(29)26-19-8-6-7-17(13-19)14-20-24(30)27(5)22(31-20)15-21(28)25(2,3)4/h6-15H,1-5H3,(H,26,29)/b20-14-,22-15-. The molecule has 160 valence electrons. The number of nitrogens with zero attached hydrogens (tertiary/aromatic N) is 1. The Morgan fingerprint density at radius 2 is 1.74 bits per heavy atom. The van der Waals surface area contributed by atoms with Crippen molar-refractivity contribution in [2.45, 2.75) is 27.7 Å². The van der Waals surface area contributed by atoms with Crippen molar-refractivity contribution >= 4 is 40.9 Å². The third-order valence-electron chi connectivity index (χ3n) is 4.81. The summed E-state index contributed by atoms with van der Waals surface area (Å²) < 4.78 is 2.63. The van der Waals surface area contributed by atoms with E-state index in [9.17, 15) is 14.4 Å². The van der Waals surface area contributed by atoms with Crippen LogP contribution in [0.4, 0.5) is 5.69 Å². The van der Waals surface area contributed by atoms with Crippen molar-refractivity contribution in [3.05, 3.63) is 84.8 Å². The molecule has 0 saturated carbocycles. The Hall–Kier alpha value is -3.25. The number of ketones is 1. The highest BCUT2D eigenvalue weighted by Crippen LogP contribution is 2.15. The molecule has 2 aromatic carbocycles. The molecule has 0 spiro atoms. The number of hydrogen-bond donors (Lipinski definition) is 1. The van der Waals surface area contributed by atoms with Crippen LogP contribution < -0.4 is 20.1 Å². The van der Waals surface area contributed by atoms with Gasteiger partial charge in [-0.05, 0) is 42.8 Å². The van der Waals surface area contributed by atoms with Gasteiger partial charge in [0.25, 0.3) is 11.5 Å². The highest BCUT2D eigenvalue weighted by atomic mass is 32.1. The number of carbonyl (C=O) groups is 2. The van der Waals surface area contributed by atoms with Crippen LogP contribution in [-0.2, 0) is 11.8 Å². The molecule has 3 rings (SSSR count). The van der Waals surface area contributed by atoms with Gasteiger partial charge in [-0.15, -0.1) is 11.3 Å². The summed E-state index contributed by atoms with van der Waals surface area (Å²) in [6.45, 7) is 7.51. The number of thiazole rings is 1. The van der Waals surface area contributed by atoms with Crippen LogP contribution in [-0.4, -0.2) is 16.3 Å². The van der Waals surface area contributed by atoms with Gasteiger partial charge < -0.3 is 9.88 Å². The van der Waals surface area contributed by atoms with Crippen molar-refractivity contribution in [3.8, 4) is 0 Å². The predicted octanol–water partition coefficient (Wildman–Crippen LogP) is 3.23. The topological polar surface area (TPSA) is 68.2 Å². The molecule has 1 heterocycles. The number of nitrogens with one attached hydrogen (secondary N) is 1. The molecule has 0 atom stereocenters. The average Bonchev–Trinajstić information content (AvgIpc) is 2.96. The van der Waals surface area contributed by atoms with E-state index in [1.165, 1.54) is 22.0 Å². The van der Waals surface area contributed by atoms with Crippen LogP contribution in [0.15, 0.2) is 53.3 Å². The first-order chi connectivity index (χ1) is 14.5. The van der Waals surface area contributed by atoms with Crippen LogP contribution in [0, 0.1) is 12.3 Å². The van der Waals surface area contributed by atoms with Gasteiger partial charge in [-0.2, -0.15) is 0 Å². The Balaban J connectivity index is 1.91. The number of aryl methyl sites for hydroxylation is 1. The first-order valence-corrected chi connectivity index (χ1v) is 10.8. The van der Waals surface area contributed by atoms with Gasteiger partial charge in [-0.25, -0.2) is 0 Å². The van der Waals surface area contributed by atoms with Crippen molar-refractivity contribution in [1.29, 1.82) is 0 Å². The molecular formula is C25H26N2O3S. The summed E-state index contributed by atoms with van der Waals surface area (Å²) in [5, 5.41) is 2.89. The van der Waals surface area contributed by atoms with Gasteiger partial charge in [-0.1, -0.05) is 50.6 Å². The smallest absolute Gasteiger partial charge is 0.268 e. The minimum Gasteiger partial charge on any atom is -0.322 e. The second-order valence-electron chi connectivity index (χ2n) is 8.52. The van der Waals surface area contributed by atoms with E-state index in [0.29, 0.717) is 20.4 Å². The fourth-order valence-electron chi connectivity index (χ4n) is 2.80. The molecular weight excluding hydrogens is 408 g/mol. The maximum Gasteiger partial charge on any atom is 0.268 e. The molecule has 3 aromatic rings. The van der Waals surface area contributed by atoms with Crippen LogP contribution in [0.5, 0.6) is 0 Å². The molecule has 0 fully saturated rings. The van der Waals surface area contributed by atoms with E-state index in [0.717, 1.165) is 11.1 Å². The number of carbonyl (C=O) groups excluding carboxylic acids is 2. The molecule has 1 aromatic heterocycles. The second-order valence-corrected chi connectivity index (χ2v) is 9.58. The molecule has 5 nitrogen and oxygen atoms in total. The first kappa shape index (κ1) is 22.4. The Morgan fingerprint density at radius 3 is 2.39 bits per heavy atom. The third-order valence-corrected chi connectivity index (χ3v) is 5.92. The summed E-state index contributed by atoms with van der Waals surface area (Å²) >= 11 is 1.27. The molecule has 1 N–H and O–H groups in total. The molecule has 0 bridgehead atoms. The van der Waals surface area contributed by atoms with Gasteiger partial charge in [0.1, 0.15) is 4.66 Å². The van der Waals surface area contributed by atoms with Crippen LogP contribution in [0.25, 0.3) is 12.2 Å². The van der Waals surface area contributed by atoms with Crippen LogP contribution in [0.1, 0.15) is 42.3 Å². The van der Waals surface area contributed by atoms with E-state index in [1.807, 2.05) is 58.0 Å². The number of anilines is 1. The normalized spacial score (nSPS) is 12.8. The Kier molecular flexibility index (Phi) is 6.41. The summed E-state index contributed by atoms with van der Waals surface area (Å²) in [5.41, 5.74) is 2.43. The molecule has 31 heavy (non-hydrogen) atoms. The van der Waals surface area contributed by atoms with Gasteiger partial charge >= 0.3 is 0 Å². The molecule has 0 aliphatic carbocycles. The molecule has 0 aliphatic heterocycles. The lowest BCUT2D eigenvalue weighted by Gasteiger charge is -2.12. The van der Waals surface area contributed by atoms with Crippen molar-refractivity contribution < 1.29 is 9.59 Å². The van der Waals surface area contributed by atoms with E-state index in [2.05, 4.69) is 5.32 Å². The highest BCUT2D eigenvalue weighted by molar-refractivity contribution is 7.07. The summed E-state index contributed by atoms with van der Waals surface area (Å²) in [5.74, 6) is -0.224. The lowest BCUT2D eigenvalue weighted by atomic mass is 9.91. The summed E-state index contributed by atoms with van der Waals surface area (Å²) in [7, 11) is 1.66. The third kappa shape index (κ3) is 5.47. The maximum absolute atomic E-state index is 12.6. The van der Waals surface area contributed by atoms with Gasteiger partial charge in [-0.3, -0.25) is 14.4 Å². The summed E-state index contributed by atoms with van der Waals surface area (Å²) in [6.07, 6.45) is 3.30. The minimum absolute atomic E-state index is 0.0308. The zero-order chi connectivity index (χ0) is 22.8. The molecule has 6 heteroatoms. The first-order valence-electron chi connectivity index (χ1n) is 9.96. The Labute approximate surface area is 185 Å². The number of rotatable bonds is 4. The van der Waals surface area contributed by atoms with Crippen LogP contribution in [0.2, 0.25) is 0 Å². The lowest BCUT2D eigenvalue weighted by Crippen LogP contribution is -2.30. The average molecular weight is 435 g/mol. The predicted molar refractivity (Wildman–Crippen MR) is 127 cm³/mol. The van der Waals surface area contributed by atoms with Gasteiger partial charge in [0.2, 0.25) is 0 Å². The number of hydrogen-bond acceptors (Lipinski definition) is 4. The van der Waals surface area contributed by atoms with Gasteiger partial charge in [0.05, 0.1) is 4.53 Å². The van der Waals surface area contributed by atoms with Crippen molar-refractivity contribution in [1.82, 2.24) is 4.57 Å². The fraction of sp³-hybridized carbons (Fsp3) is 0.240. The quantitative estimate of drug-likeness (QED) is 0.686. The number of amides is 1. The number of aromatic nitrogens is 1. The van der Waals surface area contributed by atoms with Gasteiger partial charge in [0.15, 0.2) is 5.78 Å². The van der Waals surface area contributed by atoms with Crippen molar-refractivity contribution in [2.24, 2.45) is 12.5 Å². The lowest BCUT2D eigenvalue weighted by molar-refractivity contribution is -0.120. The molecule has 0 unspecified atom stereocenters. The summed E-state index contributed by atoms with van der Waals surface area (Å²) in [4.78, 5) is 37.4. The van der Waals surface area contributed by atoms with Crippen molar-refractivity contribution in [3.63, 3.8) is 0 Å². The van der Waals surface area contributed by atoms with Crippen LogP contribution in [0.3, 0.4) is 0 Å². The van der Waals surface area contributed by atoms with E-state index in [1.54, 1.807) is 31.3 Å². The second kappa shape index (κ2) is 8.86. The number of Topliss-reactive ketones (excluding diaryl/α,β-unsaturated/α-hetero) is 1. The molecule has 0 aliphatic rings. The van der Waals surface area contributed by atoms with E-state index in [4.69, 9.17) is 0 Å². The zero-order valence-corrected chi connectivity index (χ0v) is 19.2. The highest BCUT2D eigenvalue weighted by Gasteiger charge is 2.19. The van der Waals surface area contributed by atoms with Gasteiger partial charge in [0, 0.05) is 29.8 Å². The SMILES string of the molecule is Cc1ccc(C(=O)Nc2cccc(/C=c3\s/c(=C\C(=O)C(C)(C)C)n(C)c3=O)c2)cc1. The number of benzene rings is 2.